The lowest BCUT2D eigenvalue weighted by atomic mass is 10.1. The van der Waals surface area contributed by atoms with Crippen LogP contribution in [0.1, 0.15) is 22.3 Å². The third-order valence-electron chi connectivity index (χ3n) is 3.40. The monoisotopic (exact) mass is 283 g/mol. The fourth-order valence-electron chi connectivity index (χ4n) is 2.32. The Morgan fingerprint density at radius 2 is 1.90 bits per heavy atom. The number of benzene rings is 2. The van der Waals surface area contributed by atoms with Crippen LogP contribution in [-0.4, -0.2) is 13.0 Å². The molecule has 0 bridgehead atoms. The highest BCUT2D eigenvalue weighted by atomic mass is 16.5. The zero-order chi connectivity index (χ0) is 15.2. The summed E-state index contributed by atoms with van der Waals surface area (Å²) < 4.78 is 5.22. The second-order valence-electron chi connectivity index (χ2n) is 5.25. The Balaban J connectivity index is 1.91. The Labute approximate surface area is 126 Å². The average molecular weight is 283 g/mol. The minimum atomic E-state index is 0.0288. The molecule has 0 unspecified atom stereocenters. The fourth-order valence-corrected chi connectivity index (χ4v) is 2.32. The van der Waals surface area contributed by atoms with E-state index in [0.29, 0.717) is 13.0 Å². The van der Waals surface area contributed by atoms with Gasteiger partial charge >= 0.3 is 0 Å². The van der Waals surface area contributed by atoms with E-state index in [-0.39, 0.29) is 5.91 Å². The van der Waals surface area contributed by atoms with Crippen molar-refractivity contribution in [3.63, 3.8) is 0 Å². The van der Waals surface area contributed by atoms with Gasteiger partial charge in [-0.2, -0.15) is 0 Å². The molecule has 2 aromatic carbocycles. The third-order valence-corrected chi connectivity index (χ3v) is 3.40. The van der Waals surface area contributed by atoms with Gasteiger partial charge in [-0.05, 0) is 36.6 Å². The molecular formula is C18H21NO2. The zero-order valence-corrected chi connectivity index (χ0v) is 12.8. The molecule has 0 saturated carbocycles. The SMILES string of the molecule is COc1ccc(CC(=O)NCc2cccc(C)c2)cc1C. The molecule has 0 aliphatic heterocycles. The van der Waals surface area contributed by atoms with E-state index in [1.807, 2.05) is 50.2 Å². The van der Waals surface area contributed by atoms with E-state index in [4.69, 9.17) is 4.74 Å². The van der Waals surface area contributed by atoms with Gasteiger partial charge < -0.3 is 10.1 Å². The largest absolute Gasteiger partial charge is 0.496 e. The lowest BCUT2D eigenvalue weighted by Crippen LogP contribution is -2.24. The van der Waals surface area contributed by atoms with E-state index < -0.39 is 0 Å². The predicted molar refractivity (Wildman–Crippen MR) is 84.5 cm³/mol. The van der Waals surface area contributed by atoms with Crippen molar-refractivity contribution in [2.45, 2.75) is 26.8 Å². The first-order valence-electron chi connectivity index (χ1n) is 7.04. The summed E-state index contributed by atoms with van der Waals surface area (Å²) in [7, 11) is 1.65. The number of methoxy groups -OCH3 is 1. The number of carbonyl (C=O) groups is 1. The number of carbonyl (C=O) groups excluding carboxylic acids is 1. The van der Waals surface area contributed by atoms with E-state index in [9.17, 15) is 4.79 Å². The number of hydrogen-bond acceptors (Lipinski definition) is 2. The lowest BCUT2D eigenvalue weighted by Gasteiger charge is -2.09. The highest BCUT2D eigenvalue weighted by Crippen LogP contribution is 2.18. The van der Waals surface area contributed by atoms with Gasteiger partial charge in [0.25, 0.3) is 0 Å². The molecule has 1 amide bonds. The maximum atomic E-state index is 12.0. The van der Waals surface area contributed by atoms with Crippen LogP contribution in [0.15, 0.2) is 42.5 Å². The maximum Gasteiger partial charge on any atom is 0.224 e. The minimum Gasteiger partial charge on any atom is -0.496 e. The third kappa shape index (κ3) is 4.35. The number of rotatable bonds is 5. The van der Waals surface area contributed by atoms with Crippen molar-refractivity contribution in [3.8, 4) is 5.75 Å². The number of hydrogen-bond donors (Lipinski definition) is 1. The first kappa shape index (κ1) is 15.1. The fraction of sp³-hybridized carbons (Fsp3) is 0.278. The van der Waals surface area contributed by atoms with E-state index in [1.165, 1.54) is 5.56 Å². The van der Waals surface area contributed by atoms with Crippen LogP contribution in [0, 0.1) is 13.8 Å². The summed E-state index contributed by atoms with van der Waals surface area (Å²) in [4.78, 5) is 12.0. The van der Waals surface area contributed by atoms with Crippen molar-refractivity contribution in [1.29, 1.82) is 0 Å². The molecule has 21 heavy (non-hydrogen) atoms. The Bertz CT molecular complexity index is 635. The molecular weight excluding hydrogens is 262 g/mol. The zero-order valence-electron chi connectivity index (χ0n) is 12.8. The molecule has 110 valence electrons. The molecule has 0 aliphatic carbocycles. The van der Waals surface area contributed by atoms with Crippen LogP contribution in [0.5, 0.6) is 5.75 Å². The highest BCUT2D eigenvalue weighted by molar-refractivity contribution is 5.78. The normalized spacial score (nSPS) is 10.2. The van der Waals surface area contributed by atoms with Crippen molar-refractivity contribution in [2.75, 3.05) is 7.11 Å². The number of amides is 1. The van der Waals surface area contributed by atoms with Gasteiger partial charge in [-0.1, -0.05) is 42.0 Å². The van der Waals surface area contributed by atoms with Gasteiger partial charge in [-0.3, -0.25) is 4.79 Å². The van der Waals surface area contributed by atoms with Crippen LogP contribution in [0.3, 0.4) is 0 Å². The van der Waals surface area contributed by atoms with Crippen molar-refractivity contribution < 1.29 is 9.53 Å². The highest BCUT2D eigenvalue weighted by Gasteiger charge is 2.06. The van der Waals surface area contributed by atoms with Crippen LogP contribution in [0.2, 0.25) is 0 Å². The van der Waals surface area contributed by atoms with Gasteiger partial charge in [-0.15, -0.1) is 0 Å². The summed E-state index contributed by atoms with van der Waals surface area (Å²) >= 11 is 0. The molecule has 1 N–H and O–H groups in total. The topological polar surface area (TPSA) is 38.3 Å². The van der Waals surface area contributed by atoms with E-state index in [0.717, 1.165) is 22.4 Å². The molecule has 0 atom stereocenters. The standard InChI is InChI=1S/C18H21NO2/c1-13-5-4-6-16(9-13)12-19-18(20)11-15-7-8-17(21-3)14(2)10-15/h4-10H,11-12H2,1-3H3,(H,19,20). The van der Waals surface area contributed by atoms with Crippen LogP contribution >= 0.6 is 0 Å². The summed E-state index contributed by atoms with van der Waals surface area (Å²) in [6.45, 7) is 4.59. The van der Waals surface area contributed by atoms with Crippen LogP contribution in [0.25, 0.3) is 0 Å². The summed E-state index contributed by atoms with van der Waals surface area (Å²) in [5.74, 6) is 0.875. The van der Waals surface area contributed by atoms with Gasteiger partial charge in [0, 0.05) is 6.54 Å². The first-order chi connectivity index (χ1) is 10.1. The molecule has 3 heteroatoms. The Morgan fingerprint density at radius 1 is 1.10 bits per heavy atom. The van der Waals surface area contributed by atoms with Gasteiger partial charge in [0.15, 0.2) is 0 Å². The van der Waals surface area contributed by atoms with Crippen molar-refractivity contribution >= 4 is 5.91 Å². The molecule has 2 aromatic rings. The number of nitrogens with one attached hydrogen (secondary N) is 1. The molecule has 3 nitrogen and oxygen atoms in total. The Morgan fingerprint density at radius 3 is 2.57 bits per heavy atom. The molecule has 0 aromatic heterocycles. The average Bonchev–Trinajstić information content (AvgIpc) is 2.45. The molecule has 0 radical (unpaired) electrons. The first-order valence-corrected chi connectivity index (χ1v) is 7.04. The molecule has 2 rings (SSSR count). The lowest BCUT2D eigenvalue weighted by molar-refractivity contribution is -0.120. The van der Waals surface area contributed by atoms with Crippen LogP contribution in [0.4, 0.5) is 0 Å². The van der Waals surface area contributed by atoms with Crippen molar-refractivity contribution in [1.82, 2.24) is 5.32 Å². The molecule has 0 saturated heterocycles. The van der Waals surface area contributed by atoms with Crippen LogP contribution < -0.4 is 10.1 Å². The number of ether oxygens (including phenoxy) is 1. The smallest absolute Gasteiger partial charge is 0.224 e. The Hall–Kier alpha value is -2.29. The predicted octanol–water partition coefficient (Wildman–Crippen LogP) is 3.17. The van der Waals surface area contributed by atoms with E-state index in [2.05, 4.69) is 11.4 Å². The minimum absolute atomic E-state index is 0.0288. The number of aryl methyl sites for hydroxylation is 2. The van der Waals surface area contributed by atoms with E-state index >= 15 is 0 Å². The second kappa shape index (κ2) is 6.93. The van der Waals surface area contributed by atoms with Gasteiger partial charge in [0.2, 0.25) is 5.91 Å². The Kier molecular flexibility index (Phi) is 4.99. The van der Waals surface area contributed by atoms with Crippen molar-refractivity contribution in [3.05, 3.63) is 64.7 Å². The summed E-state index contributed by atoms with van der Waals surface area (Å²) in [6.07, 6.45) is 0.386. The summed E-state index contributed by atoms with van der Waals surface area (Å²) in [5, 5.41) is 2.95. The molecule has 0 heterocycles. The maximum absolute atomic E-state index is 12.0. The van der Waals surface area contributed by atoms with Gasteiger partial charge in [0.05, 0.1) is 13.5 Å². The summed E-state index contributed by atoms with van der Waals surface area (Å²) in [6, 6.07) is 14.0. The molecule has 0 aliphatic rings. The summed E-state index contributed by atoms with van der Waals surface area (Å²) in [5.41, 5.74) is 4.36. The quantitative estimate of drug-likeness (QED) is 0.915. The molecule has 0 spiro atoms. The van der Waals surface area contributed by atoms with E-state index in [1.54, 1.807) is 7.11 Å². The second-order valence-corrected chi connectivity index (χ2v) is 5.25. The van der Waals surface area contributed by atoms with Gasteiger partial charge in [-0.25, -0.2) is 0 Å². The van der Waals surface area contributed by atoms with Crippen LogP contribution in [-0.2, 0) is 17.8 Å². The molecule has 0 fully saturated rings. The van der Waals surface area contributed by atoms with Gasteiger partial charge in [0.1, 0.15) is 5.75 Å². The van der Waals surface area contributed by atoms with Crippen molar-refractivity contribution in [2.24, 2.45) is 0 Å².